The van der Waals surface area contributed by atoms with Gasteiger partial charge in [0.05, 0.1) is 17.2 Å². The van der Waals surface area contributed by atoms with Crippen LogP contribution in [-0.4, -0.2) is 15.6 Å². The first-order chi connectivity index (χ1) is 8.63. The van der Waals surface area contributed by atoms with Crippen molar-refractivity contribution >= 4 is 11.0 Å². The Labute approximate surface area is 106 Å². The van der Waals surface area contributed by atoms with Crippen molar-refractivity contribution in [2.24, 2.45) is 11.7 Å². The monoisotopic (exact) mass is 245 g/mol. The lowest BCUT2D eigenvalue weighted by Gasteiger charge is -2.20. The van der Waals surface area contributed by atoms with E-state index in [-0.39, 0.29) is 11.6 Å². The maximum absolute atomic E-state index is 11.9. The van der Waals surface area contributed by atoms with Gasteiger partial charge in [0.1, 0.15) is 0 Å². The first kappa shape index (κ1) is 12.8. The number of rotatable bonds is 4. The molecular formula is C14H19N3O. The van der Waals surface area contributed by atoms with E-state index in [1.54, 1.807) is 4.57 Å². The fourth-order valence-electron chi connectivity index (χ4n) is 2.00. The fourth-order valence-corrected chi connectivity index (χ4v) is 2.00. The number of para-hydroxylation sites is 2. The summed E-state index contributed by atoms with van der Waals surface area (Å²) >= 11 is 0. The van der Waals surface area contributed by atoms with Crippen LogP contribution in [0, 0.1) is 5.92 Å². The minimum absolute atomic E-state index is 0.0153. The molecule has 2 rings (SSSR count). The zero-order valence-electron chi connectivity index (χ0n) is 10.8. The van der Waals surface area contributed by atoms with E-state index in [9.17, 15) is 4.79 Å². The molecule has 0 saturated carbocycles. The Morgan fingerprint density at radius 3 is 2.83 bits per heavy atom. The Balaban J connectivity index is 2.43. The normalized spacial score (nSPS) is 14.6. The Bertz CT molecular complexity index is 591. The van der Waals surface area contributed by atoms with E-state index in [2.05, 4.69) is 18.8 Å². The van der Waals surface area contributed by atoms with Gasteiger partial charge in [-0.1, -0.05) is 32.4 Å². The van der Waals surface area contributed by atoms with E-state index >= 15 is 0 Å². The van der Waals surface area contributed by atoms with Gasteiger partial charge in [0.25, 0.3) is 5.56 Å². The molecule has 0 aliphatic heterocycles. The highest BCUT2D eigenvalue weighted by atomic mass is 16.1. The maximum atomic E-state index is 11.9. The standard InChI is InChI=1S/C14H19N3O/c1-3-10(2)11(15)9-17-13-7-5-4-6-12(13)16-8-14(17)18/h4-8,10-11H,3,9,15H2,1-2H3. The third-order valence-electron chi connectivity index (χ3n) is 3.52. The Morgan fingerprint density at radius 1 is 1.39 bits per heavy atom. The van der Waals surface area contributed by atoms with E-state index in [0.717, 1.165) is 17.5 Å². The molecule has 0 bridgehead atoms. The summed E-state index contributed by atoms with van der Waals surface area (Å²) in [6.45, 7) is 4.76. The quantitative estimate of drug-likeness (QED) is 0.893. The van der Waals surface area contributed by atoms with Gasteiger partial charge in [-0.3, -0.25) is 4.79 Å². The highest BCUT2D eigenvalue weighted by Crippen LogP contribution is 2.11. The van der Waals surface area contributed by atoms with Crippen LogP contribution >= 0.6 is 0 Å². The van der Waals surface area contributed by atoms with Crippen molar-refractivity contribution in [1.82, 2.24) is 9.55 Å². The molecule has 1 heterocycles. The predicted molar refractivity (Wildman–Crippen MR) is 73.4 cm³/mol. The number of aromatic nitrogens is 2. The summed E-state index contributed by atoms with van der Waals surface area (Å²) in [5, 5.41) is 0. The van der Waals surface area contributed by atoms with Crippen molar-refractivity contribution in [2.75, 3.05) is 0 Å². The number of hydrogen-bond acceptors (Lipinski definition) is 3. The van der Waals surface area contributed by atoms with Gasteiger partial charge < -0.3 is 10.3 Å². The van der Waals surface area contributed by atoms with Crippen molar-refractivity contribution < 1.29 is 0 Å². The minimum atomic E-state index is -0.0903. The number of hydrogen-bond donors (Lipinski definition) is 1. The molecule has 2 aromatic rings. The molecule has 2 atom stereocenters. The summed E-state index contributed by atoms with van der Waals surface area (Å²) in [6, 6.07) is 7.62. The molecule has 2 N–H and O–H groups in total. The molecule has 4 nitrogen and oxygen atoms in total. The van der Waals surface area contributed by atoms with Gasteiger partial charge in [-0.05, 0) is 18.1 Å². The lowest BCUT2D eigenvalue weighted by Crippen LogP contribution is -2.36. The summed E-state index contributed by atoms with van der Waals surface area (Å²) in [5.74, 6) is 0.392. The van der Waals surface area contributed by atoms with Crippen molar-refractivity contribution in [2.45, 2.75) is 32.9 Å². The maximum Gasteiger partial charge on any atom is 0.269 e. The second-order valence-corrected chi connectivity index (χ2v) is 4.75. The first-order valence-electron chi connectivity index (χ1n) is 6.33. The summed E-state index contributed by atoms with van der Waals surface area (Å²) in [5.41, 5.74) is 7.73. The van der Waals surface area contributed by atoms with E-state index in [1.807, 2.05) is 24.3 Å². The zero-order chi connectivity index (χ0) is 13.1. The molecule has 2 unspecified atom stereocenters. The van der Waals surface area contributed by atoms with Gasteiger partial charge in [-0.2, -0.15) is 0 Å². The molecule has 1 aromatic carbocycles. The molecule has 18 heavy (non-hydrogen) atoms. The van der Waals surface area contributed by atoms with Crippen molar-refractivity contribution in [3.05, 3.63) is 40.8 Å². The zero-order valence-corrected chi connectivity index (χ0v) is 10.8. The highest BCUT2D eigenvalue weighted by molar-refractivity contribution is 5.74. The van der Waals surface area contributed by atoms with E-state index < -0.39 is 0 Å². The van der Waals surface area contributed by atoms with E-state index in [4.69, 9.17) is 5.73 Å². The van der Waals surface area contributed by atoms with Crippen molar-refractivity contribution in [3.8, 4) is 0 Å². The van der Waals surface area contributed by atoms with Crippen LogP contribution in [0.1, 0.15) is 20.3 Å². The number of benzene rings is 1. The summed E-state index contributed by atoms with van der Waals surface area (Å²) in [4.78, 5) is 16.1. The summed E-state index contributed by atoms with van der Waals surface area (Å²) in [7, 11) is 0. The van der Waals surface area contributed by atoms with Gasteiger partial charge in [0, 0.05) is 12.6 Å². The number of nitrogens with zero attached hydrogens (tertiary/aromatic N) is 2. The van der Waals surface area contributed by atoms with Crippen LogP contribution in [0.15, 0.2) is 35.3 Å². The Hall–Kier alpha value is -1.68. The number of fused-ring (bicyclic) bond motifs is 1. The van der Waals surface area contributed by atoms with Crippen LogP contribution in [-0.2, 0) is 6.54 Å². The van der Waals surface area contributed by atoms with Crippen LogP contribution in [0.2, 0.25) is 0 Å². The van der Waals surface area contributed by atoms with E-state index in [0.29, 0.717) is 12.5 Å². The molecule has 0 fully saturated rings. The molecule has 4 heteroatoms. The SMILES string of the molecule is CCC(C)C(N)Cn1c(=O)cnc2ccccc21. The Kier molecular flexibility index (Phi) is 3.77. The van der Waals surface area contributed by atoms with Crippen LogP contribution in [0.3, 0.4) is 0 Å². The molecule has 0 radical (unpaired) electrons. The minimum Gasteiger partial charge on any atom is -0.326 e. The van der Waals surface area contributed by atoms with Crippen LogP contribution in [0.4, 0.5) is 0 Å². The fraction of sp³-hybridized carbons (Fsp3) is 0.429. The summed E-state index contributed by atoms with van der Waals surface area (Å²) < 4.78 is 1.72. The average molecular weight is 245 g/mol. The molecule has 0 amide bonds. The van der Waals surface area contributed by atoms with Gasteiger partial charge in [-0.15, -0.1) is 0 Å². The average Bonchev–Trinajstić information content (AvgIpc) is 2.41. The lowest BCUT2D eigenvalue weighted by molar-refractivity contribution is 0.396. The number of nitrogens with two attached hydrogens (primary N) is 1. The molecule has 0 saturated heterocycles. The molecule has 96 valence electrons. The first-order valence-corrected chi connectivity index (χ1v) is 6.33. The van der Waals surface area contributed by atoms with E-state index in [1.165, 1.54) is 6.20 Å². The lowest BCUT2D eigenvalue weighted by atomic mass is 10.00. The van der Waals surface area contributed by atoms with Gasteiger partial charge in [-0.25, -0.2) is 4.98 Å². The highest BCUT2D eigenvalue weighted by Gasteiger charge is 2.13. The van der Waals surface area contributed by atoms with Crippen LogP contribution in [0.5, 0.6) is 0 Å². The molecule has 0 spiro atoms. The van der Waals surface area contributed by atoms with Crippen LogP contribution < -0.4 is 11.3 Å². The molecule has 0 aliphatic carbocycles. The van der Waals surface area contributed by atoms with Crippen molar-refractivity contribution in [1.29, 1.82) is 0 Å². The van der Waals surface area contributed by atoms with Gasteiger partial charge in [0.2, 0.25) is 0 Å². The van der Waals surface area contributed by atoms with Crippen molar-refractivity contribution in [3.63, 3.8) is 0 Å². The van der Waals surface area contributed by atoms with Gasteiger partial charge in [0.15, 0.2) is 0 Å². The molecule has 0 aliphatic rings. The predicted octanol–water partition coefficient (Wildman–Crippen LogP) is 1.77. The third-order valence-corrected chi connectivity index (χ3v) is 3.52. The molecule has 1 aromatic heterocycles. The molecular weight excluding hydrogens is 226 g/mol. The third kappa shape index (κ3) is 2.43. The smallest absolute Gasteiger partial charge is 0.269 e. The van der Waals surface area contributed by atoms with Crippen LogP contribution in [0.25, 0.3) is 11.0 Å². The largest absolute Gasteiger partial charge is 0.326 e. The topological polar surface area (TPSA) is 60.9 Å². The van der Waals surface area contributed by atoms with Gasteiger partial charge >= 0.3 is 0 Å². The Morgan fingerprint density at radius 2 is 2.11 bits per heavy atom. The summed E-state index contributed by atoms with van der Waals surface area (Å²) in [6.07, 6.45) is 2.38. The second-order valence-electron chi connectivity index (χ2n) is 4.75. The second kappa shape index (κ2) is 5.31.